The minimum absolute atomic E-state index is 0.0250. The van der Waals surface area contributed by atoms with Crippen LogP contribution in [0.25, 0.3) is 0 Å². The molecule has 1 aliphatic rings. The van der Waals surface area contributed by atoms with Crippen LogP contribution in [0.3, 0.4) is 0 Å². The number of hydrogen-bond donors (Lipinski definition) is 2. The van der Waals surface area contributed by atoms with Gasteiger partial charge in [-0.25, -0.2) is 0 Å². The highest BCUT2D eigenvalue weighted by molar-refractivity contribution is 5.96. The van der Waals surface area contributed by atoms with E-state index in [0.717, 1.165) is 12.8 Å². The fraction of sp³-hybridized carbons (Fsp3) is 0.385. The molecular formula is C13H14F2N2O3. The smallest absolute Gasteiger partial charge is 0.387 e. The third kappa shape index (κ3) is 4.49. The molecule has 0 atom stereocenters. The van der Waals surface area contributed by atoms with Gasteiger partial charge in [0, 0.05) is 11.6 Å². The Kier molecular flexibility index (Phi) is 4.49. The number of nitrogens with one attached hydrogen (secondary N) is 2. The number of hydrogen-bond acceptors (Lipinski definition) is 3. The lowest BCUT2D eigenvalue weighted by atomic mass is 10.2. The largest absolute Gasteiger partial charge is 0.435 e. The van der Waals surface area contributed by atoms with E-state index in [1.165, 1.54) is 24.3 Å². The van der Waals surface area contributed by atoms with Gasteiger partial charge in [0.15, 0.2) is 0 Å². The van der Waals surface area contributed by atoms with E-state index < -0.39 is 12.5 Å². The van der Waals surface area contributed by atoms with Crippen molar-refractivity contribution in [3.05, 3.63) is 29.8 Å². The minimum atomic E-state index is -2.90. The van der Waals surface area contributed by atoms with Crippen molar-refractivity contribution in [2.45, 2.75) is 25.5 Å². The van der Waals surface area contributed by atoms with Gasteiger partial charge in [0.1, 0.15) is 5.75 Å². The van der Waals surface area contributed by atoms with E-state index in [1.807, 2.05) is 0 Å². The minimum Gasteiger partial charge on any atom is -0.435 e. The highest BCUT2D eigenvalue weighted by Crippen LogP contribution is 2.18. The number of amides is 2. The number of carbonyl (C=O) groups excluding carboxylic acids is 2. The molecule has 7 heteroatoms. The summed E-state index contributed by atoms with van der Waals surface area (Å²) in [7, 11) is 0. The van der Waals surface area contributed by atoms with Gasteiger partial charge in [0.05, 0.1) is 6.54 Å². The molecule has 0 bridgehead atoms. The van der Waals surface area contributed by atoms with E-state index in [0.29, 0.717) is 0 Å². The molecule has 1 aromatic carbocycles. The molecule has 0 heterocycles. The molecule has 0 aromatic heterocycles. The Bertz CT molecular complexity index is 487. The summed E-state index contributed by atoms with van der Waals surface area (Å²) in [6, 6.07) is 5.49. The van der Waals surface area contributed by atoms with Crippen LogP contribution < -0.4 is 15.4 Å². The first kappa shape index (κ1) is 14.2. The Morgan fingerprint density at radius 3 is 2.45 bits per heavy atom. The van der Waals surface area contributed by atoms with Gasteiger partial charge in [-0.1, -0.05) is 0 Å². The summed E-state index contributed by atoms with van der Waals surface area (Å²) in [4.78, 5) is 23.1. The molecule has 2 amide bonds. The van der Waals surface area contributed by atoms with Crippen LogP contribution in [0.4, 0.5) is 8.78 Å². The SMILES string of the molecule is O=C(CNC(=O)c1ccc(OC(F)F)cc1)NC1CC1. The Hall–Kier alpha value is -2.18. The van der Waals surface area contributed by atoms with Crippen molar-refractivity contribution in [3.63, 3.8) is 0 Å². The van der Waals surface area contributed by atoms with Gasteiger partial charge in [0.2, 0.25) is 5.91 Å². The molecule has 1 fully saturated rings. The number of halogens is 2. The molecule has 20 heavy (non-hydrogen) atoms. The van der Waals surface area contributed by atoms with Gasteiger partial charge in [0.25, 0.3) is 5.91 Å². The predicted octanol–water partition coefficient (Wildman–Crippen LogP) is 1.30. The van der Waals surface area contributed by atoms with Crippen molar-refractivity contribution in [1.29, 1.82) is 0 Å². The first-order valence-corrected chi connectivity index (χ1v) is 6.17. The van der Waals surface area contributed by atoms with Crippen molar-refractivity contribution in [2.75, 3.05) is 6.54 Å². The fourth-order valence-corrected chi connectivity index (χ4v) is 1.56. The van der Waals surface area contributed by atoms with E-state index in [9.17, 15) is 18.4 Å². The monoisotopic (exact) mass is 284 g/mol. The van der Waals surface area contributed by atoms with E-state index in [4.69, 9.17) is 0 Å². The second kappa shape index (κ2) is 6.31. The average Bonchev–Trinajstić information content (AvgIpc) is 3.20. The zero-order valence-electron chi connectivity index (χ0n) is 10.6. The molecular weight excluding hydrogens is 270 g/mol. The zero-order valence-corrected chi connectivity index (χ0v) is 10.6. The molecule has 1 aliphatic carbocycles. The van der Waals surface area contributed by atoms with Crippen molar-refractivity contribution in [1.82, 2.24) is 10.6 Å². The van der Waals surface area contributed by atoms with E-state index in [-0.39, 0.29) is 29.8 Å². The fourth-order valence-electron chi connectivity index (χ4n) is 1.56. The van der Waals surface area contributed by atoms with Crippen molar-refractivity contribution in [2.24, 2.45) is 0 Å². The Morgan fingerprint density at radius 1 is 1.25 bits per heavy atom. The zero-order chi connectivity index (χ0) is 14.5. The Morgan fingerprint density at radius 2 is 1.90 bits per heavy atom. The van der Waals surface area contributed by atoms with Crippen LogP contribution in [0.5, 0.6) is 5.75 Å². The lowest BCUT2D eigenvalue weighted by molar-refractivity contribution is -0.120. The van der Waals surface area contributed by atoms with Gasteiger partial charge in [-0.15, -0.1) is 0 Å². The maximum absolute atomic E-state index is 12.0. The van der Waals surface area contributed by atoms with Gasteiger partial charge >= 0.3 is 6.61 Å². The molecule has 108 valence electrons. The molecule has 0 saturated heterocycles. The Labute approximate surface area is 114 Å². The normalized spacial score (nSPS) is 13.9. The third-order valence-electron chi connectivity index (χ3n) is 2.69. The second-order valence-corrected chi connectivity index (χ2v) is 4.43. The summed E-state index contributed by atoms with van der Waals surface area (Å²) < 4.78 is 28.1. The van der Waals surface area contributed by atoms with Crippen LogP contribution in [0.1, 0.15) is 23.2 Å². The molecule has 0 unspecified atom stereocenters. The molecule has 1 saturated carbocycles. The highest BCUT2D eigenvalue weighted by Gasteiger charge is 2.23. The lowest BCUT2D eigenvalue weighted by Gasteiger charge is -2.07. The standard InChI is InChI=1S/C13H14F2N2O3/c14-13(15)20-10-5-1-8(2-6-10)12(19)16-7-11(18)17-9-3-4-9/h1-2,5-6,9,13H,3-4,7H2,(H,16,19)(H,17,18). The Balaban J connectivity index is 1.80. The van der Waals surface area contributed by atoms with Gasteiger partial charge in [-0.3, -0.25) is 9.59 Å². The molecule has 2 rings (SSSR count). The number of rotatable bonds is 6. The van der Waals surface area contributed by atoms with Crippen LogP contribution in [0.15, 0.2) is 24.3 Å². The molecule has 0 aliphatic heterocycles. The predicted molar refractivity (Wildman–Crippen MR) is 66.6 cm³/mol. The average molecular weight is 284 g/mol. The molecule has 2 N–H and O–H groups in total. The first-order valence-electron chi connectivity index (χ1n) is 6.17. The van der Waals surface area contributed by atoms with Crippen LogP contribution >= 0.6 is 0 Å². The molecule has 0 radical (unpaired) electrons. The molecule has 5 nitrogen and oxygen atoms in total. The number of carbonyl (C=O) groups is 2. The third-order valence-corrected chi connectivity index (χ3v) is 2.69. The number of alkyl halides is 2. The van der Waals surface area contributed by atoms with Crippen LogP contribution in [0.2, 0.25) is 0 Å². The summed E-state index contributed by atoms with van der Waals surface area (Å²) in [6.45, 7) is -3.01. The van der Waals surface area contributed by atoms with E-state index in [1.54, 1.807) is 0 Å². The number of ether oxygens (including phenoxy) is 1. The van der Waals surface area contributed by atoms with Crippen LogP contribution in [-0.4, -0.2) is 31.0 Å². The van der Waals surface area contributed by atoms with Gasteiger partial charge in [-0.2, -0.15) is 8.78 Å². The second-order valence-electron chi connectivity index (χ2n) is 4.43. The highest BCUT2D eigenvalue weighted by atomic mass is 19.3. The van der Waals surface area contributed by atoms with Crippen molar-refractivity contribution < 1.29 is 23.1 Å². The van der Waals surface area contributed by atoms with Crippen molar-refractivity contribution >= 4 is 11.8 Å². The topological polar surface area (TPSA) is 67.4 Å². The quantitative estimate of drug-likeness (QED) is 0.827. The lowest BCUT2D eigenvalue weighted by Crippen LogP contribution is -2.37. The van der Waals surface area contributed by atoms with Crippen LogP contribution in [-0.2, 0) is 4.79 Å². The summed E-state index contributed by atoms with van der Waals surface area (Å²) in [6.07, 6.45) is 1.95. The van der Waals surface area contributed by atoms with Crippen molar-refractivity contribution in [3.8, 4) is 5.75 Å². The summed E-state index contributed by atoms with van der Waals surface area (Å²) in [5.41, 5.74) is 0.269. The maximum Gasteiger partial charge on any atom is 0.387 e. The number of benzene rings is 1. The maximum atomic E-state index is 12.0. The van der Waals surface area contributed by atoms with Gasteiger partial charge < -0.3 is 15.4 Å². The molecule has 1 aromatic rings. The van der Waals surface area contributed by atoms with Gasteiger partial charge in [-0.05, 0) is 37.1 Å². The first-order chi connectivity index (χ1) is 9.54. The van der Waals surface area contributed by atoms with E-state index >= 15 is 0 Å². The van der Waals surface area contributed by atoms with Crippen LogP contribution in [0, 0.1) is 0 Å². The summed E-state index contributed by atoms with van der Waals surface area (Å²) in [5.74, 6) is -0.707. The summed E-state index contributed by atoms with van der Waals surface area (Å²) in [5, 5.41) is 5.19. The summed E-state index contributed by atoms with van der Waals surface area (Å²) >= 11 is 0. The van der Waals surface area contributed by atoms with E-state index in [2.05, 4.69) is 15.4 Å². The molecule has 0 spiro atoms.